The molecular weight excluding hydrogens is 558 g/mol. The highest BCUT2D eigenvalue weighted by Gasteiger charge is 2.33. The molecule has 0 bridgehead atoms. The number of nitro groups is 1. The van der Waals surface area contributed by atoms with Gasteiger partial charge in [0.1, 0.15) is 17.3 Å². The molecule has 5 rings (SSSR count). The van der Waals surface area contributed by atoms with Crippen molar-refractivity contribution < 1.29 is 23.6 Å². The summed E-state index contributed by atoms with van der Waals surface area (Å²) < 4.78 is 18.0. The summed E-state index contributed by atoms with van der Waals surface area (Å²) >= 11 is 7.23. The Morgan fingerprint density at radius 3 is 2.65 bits per heavy atom. The van der Waals surface area contributed by atoms with Gasteiger partial charge in [0.25, 0.3) is 11.2 Å². The van der Waals surface area contributed by atoms with Gasteiger partial charge >= 0.3 is 5.97 Å². The second kappa shape index (κ2) is 10.9. The maximum atomic E-state index is 13.7. The Morgan fingerprint density at radius 2 is 1.98 bits per heavy atom. The third-order valence-electron chi connectivity index (χ3n) is 6.27. The van der Waals surface area contributed by atoms with Crippen LogP contribution in [0.5, 0.6) is 5.75 Å². The van der Waals surface area contributed by atoms with Gasteiger partial charge in [0.05, 0.1) is 52.1 Å². The fourth-order valence-electron chi connectivity index (χ4n) is 4.45. The quantitative estimate of drug-likeness (QED) is 0.177. The molecule has 12 heteroatoms. The zero-order chi connectivity index (χ0) is 28.6. The Balaban J connectivity index is 1.62. The first-order chi connectivity index (χ1) is 19.2. The molecule has 2 aromatic heterocycles. The number of carbonyl (C=O) groups excluding carboxylic acids is 1. The highest BCUT2D eigenvalue weighted by Crippen LogP contribution is 2.34. The molecule has 0 N–H and O–H groups in total. The highest BCUT2D eigenvalue weighted by molar-refractivity contribution is 7.07. The van der Waals surface area contributed by atoms with Gasteiger partial charge in [0.15, 0.2) is 4.80 Å². The number of ether oxygens (including phenoxy) is 2. The van der Waals surface area contributed by atoms with Crippen LogP contribution in [0, 0.1) is 10.1 Å². The normalized spacial score (nSPS) is 15.0. The van der Waals surface area contributed by atoms with Gasteiger partial charge < -0.3 is 13.9 Å². The van der Waals surface area contributed by atoms with E-state index < -0.39 is 16.9 Å². The molecule has 1 aliphatic heterocycles. The molecule has 0 spiro atoms. The number of allylic oxidation sites excluding steroid dienone is 1. The number of nitro benzene ring substituents is 1. The smallest absolute Gasteiger partial charge is 0.338 e. The van der Waals surface area contributed by atoms with Crippen LogP contribution in [-0.2, 0) is 9.53 Å². The van der Waals surface area contributed by atoms with Gasteiger partial charge in [-0.15, -0.1) is 0 Å². The molecule has 4 aromatic rings. The van der Waals surface area contributed by atoms with Gasteiger partial charge in [-0.05, 0) is 55.8 Å². The zero-order valence-corrected chi connectivity index (χ0v) is 23.1. The van der Waals surface area contributed by atoms with E-state index in [0.717, 1.165) is 11.3 Å². The maximum absolute atomic E-state index is 13.7. The van der Waals surface area contributed by atoms with Crippen LogP contribution in [0.2, 0.25) is 5.02 Å². The van der Waals surface area contributed by atoms with Crippen LogP contribution in [0.15, 0.2) is 80.1 Å². The summed E-state index contributed by atoms with van der Waals surface area (Å²) in [6.07, 6.45) is 1.55. The fourth-order valence-corrected chi connectivity index (χ4v) is 5.61. The van der Waals surface area contributed by atoms with Crippen molar-refractivity contribution in [3.05, 3.63) is 112 Å². The lowest BCUT2D eigenvalue weighted by Crippen LogP contribution is -2.39. The molecular formula is C28H22ClN3O7S. The summed E-state index contributed by atoms with van der Waals surface area (Å²) in [6.45, 7) is 3.58. The van der Waals surface area contributed by atoms with Crippen molar-refractivity contribution >= 4 is 40.7 Å². The molecule has 0 fully saturated rings. The van der Waals surface area contributed by atoms with Crippen LogP contribution < -0.4 is 19.6 Å². The van der Waals surface area contributed by atoms with Crippen LogP contribution in [0.25, 0.3) is 17.4 Å². The van der Waals surface area contributed by atoms with Gasteiger partial charge in [-0.25, -0.2) is 9.79 Å². The van der Waals surface area contributed by atoms with Crippen molar-refractivity contribution in [2.75, 3.05) is 13.7 Å². The van der Waals surface area contributed by atoms with Crippen LogP contribution in [0.3, 0.4) is 0 Å². The molecule has 2 aromatic carbocycles. The summed E-state index contributed by atoms with van der Waals surface area (Å²) in [7, 11) is 1.42. The minimum Gasteiger partial charge on any atom is -0.497 e. The van der Waals surface area contributed by atoms with Gasteiger partial charge in [0, 0.05) is 11.1 Å². The Labute approximate surface area is 236 Å². The van der Waals surface area contributed by atoms with Crippen molar-refractivity contribution in [1.29, 1.82) is 0 Å². The van der Waals surface area contributed by atoms with Gasteiger partial charge in [-0.2, -0.15) is 0 Å². The number of esters is 1. The first-order valence-electron chi connectivity index (χ1n) is 12.1. The Hall–Kier alpha value is -4.48. The number of thiazole rings is 1. The molecule has 1 atom stereocenters. The number of rotatable bonds is 7. The Morgan fingerprint density at radius 1 is 1.23 bits per heavy atom. The van der Waals surface area contributed by atoms with Gasteiger partial charge in [-0.3, -0.25) is 19.5 Å². The largest absolute Gasteiger partial charge is 0.497 e. The lowest BCUT2D eigenvalue weighted by molar-refractivity contribution is -0.384. The number of benzene rings is 2. The van der Waals surface area contributed by atoms with E-state index in [0.29, 0.717) is 37.1 Å². The molecule has 3 heterocycles. The van der Waals surface area contributed by atoms with Crippen LogP contribution in [-0.4, -0.2) is 29.2 Å². The number of nitrogens with zero attached hydrogens (tertiary/aromatic N) is 3. The van der Waals surface area contributed by atoms with Gasteiger partial charge in [0.2, 0.25) is 0 Å². The van der Waals surface area contributed by atoms with E-state index in [1.807, 2.05) is 0 Å². The third kappa shape index (κ3) is 4.96. The van der Waals surface area contributed by atoms with E-state index in [4.69, 9.17) is 25.5 Å². The molecule has 1 unspecified atom stereocenters. The lowest BCUT2D eigenvalue weighted by atomic mass is 9.96. The molecule has 0 aliphatic carbocycles. The SMILES string of the molecule is CCOC(=O)C1=C(C)N=c2sc(=Cc3ccc(-c4ccc(OC)cc4[N+](=O)[O-])o3)c(=O)n2C1c1ccc(Cl)cc1. The van der Waals surface area contributed by atoms with Crippen molar-refractivity contribution in [1.82, 2.24) is 4.57 Å². The lowest BCUT2D eigenvalue weighted by Gasteiger charge is -2.24. The molecule has 1 aliphatic rings. The minimum atomic E-state index is -0.774. The number of fused-ring (bicyclic) bond motifs is 1. The first kappa shape index (κ1) is 27.1. The zero-order valence-electron chi connectivity index (χ0n) is 21.5. The standard InChI is InChI=1S/C28H22ClN3O7S/c1-4-38-27(34)24-15(2)30-28-31(25(24)16-5-7-17(29)8-6-16)26(33)23(40-28)14-19-10-12-22(39-19)20-11-9-18(37-3)13-21(20)32(35)36/h5-14,25H,4H2,1-3H3. The number of methoxy groups -OCH3 is 1. The van der Waals surface area contributed by atoms with Crippen molar-refractivity contribution in [2.45, 2.75) is 19.9 Å². The summed E-state index contributed by atoms with van der Waals surface area (Å²) in [5.74, 6) is 0.355. The summed E-state index contributed by atoms with van der Waals surface area (Å²) in [5, 5.41) is 12.1. The van der Waals surface area contributed by atoms with Crippen LogP contribution >= 0.6 is 22.9 Å². The van der Waals surface area contributed by atoms with E-state index in [1.165, 1.54) is 17.7 Å². The molecule has 10 nitrogen and oxygen atoms in total. The predicted octanol–water partition coefficient (Wildman–Crippen LogP) is 4.63. The predicted molar refractivity (Wildman–Crippen MR) is 149 cm³/mol. The minimum absolute atomic E-state index is 0.167. The second-order valence-corrected chi connectivity index (χ2v) is 10.1. The number of hydrogen-bond donors (Lipinski definition) is 0. The molecule has 0 radical (unpaired) electrons. The van der Waals surface area contributed by atoms with Crippen molar-refractivity contribution in [3.8, 4) is 17.1 Å². The molecule has 204 valence electrons. The first-order valence-corrected chi connectivity index (χ1v) is 13.3. The molecule has 0 amide bonds. The maximum Gasteiger partial charge on any atom is 0.338 e. The van der Waals surface area contributed by atoms with E-state index in [9.17, 15) is 19.7 Å². The molecule has 40 heavy (non-hydrogen) atoms. The second-order valence-electron chi connectivity index (χ2n) is 8.70. The van der Waals surface area contributed by atoms with Crippen LogP contribution in [0.4, 0.5) is 5.69 Å². The van der Waals surface area contributed by atoms with Crippen LogP contribution in [0.1, 0.15) is 31.2 Å². The molecule has 0 saturated carbocycles. The monoisotopic (exact) mass is 579 g/mol. The summed E-state index contributed by atoms with van der Waals surface area (Å²) in [5.41, 5.74) is 1.08. The third-order valence-corrected chi connectivity index (χ3v) is 7.50. The summed E-state index contributed by atoms with van der Waals surface area (Å²) in [4.78, 5) is 42.8. The van der Waals surface area contributed by atoms with Gasteiger partial charge in [-0.1, -0.05) is 35.1 Å². The number of furan rings is 1. The fraction of sp³-hybridized carbons (Fsp3) is 0.179. The van der Waals surface area contributed by atoms with E-state index in [1.54, 1.807) is 68.5 Å². The topological polar surface area (TPSA) is 126 Å². The van der Waals surface area contributed by atoms with E-state index >= 15 is 0 Å². The average molecular weight is 580 g/mol. The van der Waals surface area contributed by atoms with Crippen molar-refractivity contribution in [2.24, 2.45) is 4.99 Å². The number of carbonyl (C=O) groups is 1. The number of aromatic nitrogens is 1. The van der Waals surface area contributed by atoms with Crippen molar-refractivity contribution in [3.63, 3.8) is 0 Å². The Kier molecular flexibility index (Phi) is 7.42. The highest BCUT2D eigenvalue weighted by atomic mass is 35.5. The van der Waals surface area contributed by atoms with E-state index in [2.05, 4.69) is 4.99 Å². The summed E-state index contributed by atoms with van der Waals surface area (Å²) in [6, 6.07) is 13.8. The number of hydrogen-bond acceptors (Lipinski definition) is 9. The average Bonchev–Trinajstić information content (AvgIpc) is 3.52. The number of halogens is 1. The van der Waals surface area contributed by atoms with E-state index in [-0.39, 0.29) is 34.8 Å². The Bertz CT molecular complexity index is 1850. The molecule has 0 saturated heterocycles.